The van der Waals surface area contributed by atoms with E-state index >= 15 is 0 Å². The van der Waals surface area contributed by atoms with Gasteiger partial charge in [-0.3, -0.25) is 0 Å². The fourth-order valence-electron chi connectivity index (χ4n) is 1.93. The van der Waals surface area contributed by atoms with E-state index in [9.17, 15) is 13.2 Å². The molecule has 0 aromatic carbocycles. The molecule has 1 aromatic rings. The molecule has 0 spiro atoms. The van der Waals surface area contributed by atoms with Crippen LogP contribution in [-0.4, -0.2) is 49.3 Å². The van der Waals surface area contributed by atoms with Crippen LogP contribution < -0.4 is 5.32 Å². The first-order valence-corrected chi connectivity index (χ1v) is 6.21. The summed E-state index contributed by atoms with van der Waals surface area (Å²) in [5.41, 5.74) is 0. The van der Waals surface area contributed by atoms with Gasteiger partial charge in [-0.1, -0.05) is 5.16 Å². The zero-order chi connectivity index (χ0) is 14.6. The summed E-state index contributed by atoms with van der Waals surface area (Å²) in [6, 6.07) is -0.0720. The molecule has 2 atom stereocenters. The van der Waals surface area contributed by atoms with Crippen molar-refractivity contribution in [1.82, 2.24) is 15.5 Å². The molecule has 1 aromatic heterocycles. The van der Waals surface area contributed by atoms with Crippen molar-refractivity contribution in [2.45, 2.75) is 31.2 Å². The Morgan fingerprint density at radius 2 is 2.25 bits per heavy atom. The van der Waals surface area contributed by atoms with Crippen LogP contribution in [0.15, 0.2) is 4.52 Å². The molecule has 0 saturated carbocycles. The largest absolute Gasteiger partial charge is 0.411 e. The number of ether oxygens (including phenoxy) is 2. The van der Waals surface area contributed by atoms with Gasteiger partial charge in [0.2, 0.25) is 5.89 Å². The number of aromatic nitrogens is 2. The van der Waals surface area contributed by atoms with E-state index in [4.69, 9.17) is 9.26 Å². The third-order valence-electron chi connectivity index (χ3n) is 2.94. The van der Waals surface area contributed by atoms with Crippen LogP contribution in [0, 0.1) is 0 Å². The van der Waals surface area contributed by atoms with E-state index in [1.165, 1.54) is 0 Å². The third-order valence-corrected chi connectivity index (χ3v) is 2.94. The average Bonchev–Trinajstić information content (AvgIpc) is 3.02. The second-order valence-electron chi connectivity index (χ2n) is 4.52. The lowest BCUT2D eigenvalue weighted by Crippen LogP contribution is -2.18. The van der Waals surface area contributed by atoms with E-state index in [2.05, 4.69) is 20.2 Å². The van der Waals surface area contributed by atoms with E-state index in [0.717, 1.165) is 6.42 Å². The Labute approximate surface area is 113 Å². The van der Waals surface area contributed by atoms with Gasteiger partial charge in [0.05, 0.1) is 18.8 Å². The summed E-state index contributed by atoms with van der Waals surface area (Å²) in [6.45, 7) is -0.664. The Morgan fingerprint density at radius 3 is 2.90 bits per heavy atom. The second kappa shape index (κ2) is 6.51. The van der Waals surface area contributed by atoms with Crippen LogP contribution in [0.3, 0.4) is 0 Å². The molecule has 0 amide bonds. The number of nitrogens with zero attached hydrogens (tertiary/aromatic N) is 2. The maximum atomic E-state index is 11.9. The Balaban J connectivity index is 1.75. The molecule has 9 heteroatoms. The highest BCUT2D eigenvalue weighted by atomic mass is 19.4. The van der Waals surface area contributed by atoms with Crippen molar-refractivity contribution in [3.8, 4) is 0 Å². The predicted octanol–water partition coefficient (Wildman–Crippen LogP) is 1.24. The van der Waals surface area contributed by atoms with Gasteiger partial charge in [-0.2, -0.15) is 18.2 Å². The molecule has 1 aliphatic heterocycles. The number of methoxy groups -OCH3 is 1. The van der Waals surface area contributed by atoms with Crippen molar-refractivity contribution in [2.24, 2.45) is 0 Å². The zero-order valence-corrected chi connectivity index (χ0v) is 10.9. The Kier molecular flexibility index (Phi) is 4.95. The summed E-state index contributed by atoms with van der Waals surface area (Å²) >= 11 is 0. The second-order valence-corrected chi connectivity index (χ2v) is 4.52. The standard InChI is InChI=1S/C11H16F3N3O3/c1-18-7-4-8(15-5-7)10-16-9(17-20-10)2-3-19-6-11(12,13)14/h7-8,15H,2-6H2,1H3/t7-,8+/m0/s1. The molecule has 0 bridgehead atoms. The van der Waals surface area contributed by atoms with Gasteiger partial charge in [0, 0.05) is 20.1 Å². The average molecular weight is 295 g/mol. The van der Waals surface area contributed by atoms with Crippen LogP contribution in [0.25, 0.3) is 0 Å². The lowest BCUT2D eigenvalue weighted by molar-refractivity contribution is -0.173. The van der Waals surface area contributed by atoms with Crippen LogP contribution in [0.4, 0.5) is 13.2 Å². The maximum Gasteiger partial charge on any atom is 0.411 e. The maximum absolute atomic E-state index is 11.9. The lowest BCUT2D eigenvalue weighted by atomic mass is 10.2. The number of hydrogen-bond acceptors (Lipinski definition) is 6. The molecule has 20 heavy (non-hydrogen) atoms. The quantitative estimate of drug-likeness (QED) is 0.796. The first-order valence-electron chi connectivity index (χ1n) is 6.21. The van der Waals surface area contributed by atoms with E-state index in [1.54, 1.807) is 7.11 Å². The summed E-state index contributed by atoms with van der Waals surface area (Å²) in [7, 11) is 1.63. The van der Waals surface area contributed by atoms with Crippen molar-refractivity contribution in [2.75, 3.05) is 26.9 Å². The van der Waals surface area contributed by atoms with Gasteiger partial charge in [-0.05, 0) is 6.42 Å². The first kappa shape index (κ1) is 15.2. The molecule has 0 aliphatic carbocycles. The lowest BCUT2D eigenvalue weighted by Gasteiger charge is -2.05. The molecule has 2 rings (SSSR count). The number of hydrogen-bond donors (Lipinski definition) is 1. The van der Waals surface area contributed by atoms with Crippen molar-refractivity contribution in [3.63, 3.8) is 0 Å². The van der Waals surface area contributed by atoms with Gasteiger partial charge >= 0.3 is 6.18 Å². The van der Waals surface area contributed by atoms with Gasteiger partial charge in [0.15, 0.2) is 5.82 Å². The third kappa shape index (κ3) is 4.43. The Bertz CT molecular complexity index is 425. The molecule has 1 saturated heterocycles. The van der Waals surface area contributed by atoms with Gasteiger partial charge in [-0.15, -0.1) is 0 Å². The van der Waals surface area contributed by atoms with Crippen molar-refractivity contribution in [3.05, 3.63) is 11.7 Å². The molecule has 0 radical (unpaired) electrons. The minimum atomic E-state index is -4.31. The summed E-state index contributed by atoms with van der Waals surface area (Å²) in [5.74, 6) is 0.764. The SMILES string of the molecule is CO[C@@H]1CN[C@@H](c2nc(CCOCC(F)(F)F)no2)C1. The van der Waals surface area contributed by atoms with Gasteiger partial charge in [-0.25, -0.2) is 0 Å². The smallest absolute Gasteiger partial charge is 0.380 e. The van der Waals surface area contributed by atoms with Crippen LogP contribution in [0.5, 0.6) is 0 Å². The predicted molar refractivity (Wildman–Crippen MR) is 61.0 cm³/mol. The zero-order valence-electron chi connectivity index (χ0n) is 10.9. The number of halogens is 3. The summed E-state index contributed by atoms with van der Waals surface area (Å²) in [6.07, 6.45) is -3.31. The summed E-state index contributed by atoms with van der Waals surface area (Å²) < 4.78 is 50.4. The highest BCUT2D eigenvalue weighted by Gasteiger charge is 2.29. The van der Waals surface area contributed by atoms with Crippen molar-refractivity contribution < 1.29 is 27.2 Å². The minimum absolute atomic E-state index is 0.0720. The van der Waals surface area contributed by atoms with Gasteiger partial charge in [0.25, 0.3) is 0 Å². The fourth-order valence-corrected chi connectivity index (χ4v) is 1.93. The molecule has 1 aliphatic rings. The van der Waals surface area contributed by atoms with E-state index < -0.39 is 12.8 Å². The minimum Gasteiger partial charge on any atom is -0.380 e. The van der Waals surface area contributed by atoms with E-state index in [1.807, 2.05) is 0 Å². The molecule has 1 fully saturated rings. The van der Waals surface area contributed by atoms with E-state index in [0.29, 0.717) is 18.3 Å². The number of rotatable bonds is 6. The molecule has 114 valence electrons. The van der Waals surface area contributed by atoms with Crippen molar-refractivity contribution in [1.29, 1.82) is 0 Å². The van der Waals surface area contributed by atoms with Crippen LogP contribution >= 0.6 is 0 Å². The van der Waals surface area contributed by atoms with Gasteiger partial charge < -0.3 is 19.3 Å². The Hall–Kier alpha value is -1.19. The normalized spacial score (nSPS) is 23.4. The number of nitrogens with one attached hydrogen (secondary N) is 1. The van der Waals surface area contributed by atoms with E-state index in [-0.39, 0.29) is 25.2 Å². The van der Waals surface area contributed by atoms with Crippen LogP contribution in [0.1, 0.15) is 24.2 Å². The topological polar surface area (TPSA) is 69.4 Å². The van der Waals surface area contributed by atoms with Crippen LogP contribution in [-0.2, 0) is 15.9 Å². The highest BCUT2D eigenvalue weighted by molar-refractivity contribution is 4.97. The highest BCUT2D eigenvalue weighted by Crippen LogP contribution is 2.23. The fraction of sp³-hybridized carbons (Fsp3) is 0.818. The summed E-state index contributed by atoms with van der Waals surface area (Å²) in [5, 5.41) is 6.89. The summed E-state index contributed by atoms with van der Waals surface area (Å²) in [4.78, 5) is 4.14. The molecular weight excluding hydrogens is 279 g/mol. The Morgan fingerprint density at radius 1 is 1.45 bits per heavy atom. The van der Waals surface area contributed by atoms with Crippen molar-refractivity contribution >= 4 is 0 Å². The first-order chi connectivity index (χ1) is 9.48. The molecular formula is C11H16F3N3O3. The van der Waals surface area contributed by atoms with Crippen LogP contribution in [0.2, 0.25) is 0 Å². The molecule has 6 nitrogen and oxygen atoms in total. The van der Waals surface area contributed by atoms with Gasteiger partial charge in [0.1, 0.15) is 6.61 Å². The number of alkyl halides is 3. The molecule has 2 heterocycles. The molecule has 0 unspecified atom stereocenters. The monoisotopic (exact) mass is 295 g/mol. The molecule has 1 N–H and O–H groups in total.